The number of nitriles is 1. The number of anilines is 1. The van der Waals surface area contributed by atoms with E-state index in [0.717, 1.165) is 63.9 Å². The molecule has 1 aromatic heterocycles. The number of rotatable bonds is 6. The quantitative estimate of drug-likeness (QED) is 0.460. The Morgan fingerprint density at radius 1 is 1.19 bits per heavy atom. The van der Waals surface area contributed by atoms with Crippen molar-refractivity contribution in [2.45, 2.75) is 38.1 Å². The average Bonchev–Trinajstić information content (AvgIpc) is 2.94. The van der Waals surface area contributed by atoms with E-state index in [2.05, 4.69) is 28.9 Å². The highest BCUT2D eigenvalue weighted by Crippen LogP contribution is 2.27. The normalized spacial score (nSPS) is 10.7. The Morgan fingerprint density at radius 3 is 2.62 bits per heavy atom. The summed E-state index contributed by atoms with van der Waals surface area (Å²) in [4.78, 5) is 13.9. The lowest BCUT2D eigenvalue weighted by atomic mass is 10.1. The molecule has 1 N–H and O–H groups in total. The van der Waals surface area contributed by atoms with E-state index >= 15 is 0 Å². The summed E-state index contributed by atoms with van der Waals surface area (Å²) in [5, 5.41) is 14.9. The Kier molecular flexibility index (Phi) is 5.65. The van der Waals surface area contributed by atoms with Crippen LogP contribution >= 0.6 is 11.8 Å². The first-order chi connectivity index (χ1) is 12.7. The first-order valence-electron chi connectivity index (χ1n) is 8.71. The standard InChI is InChI=1S/C21H21N3OS/c1-3-4-13-24-19-8-6-5-7-18(19)15(2)20(24)21(25)23-16-9-11-17(12-10-16)26-14-22/h5-12H,3-4,13H2,1-2H3,(H,23,25). The van der Waals surface area contributed by atoms with Gasteiger partial charge in [-0.1, -0.05) is 31.5 Å². The van der Waals surface area contributed by atoms with Crippen molar-refractivity contribution in [3.05, 3.63) is 59.8 Å². The molecule has 1 amide bonds. The van der Waals surface area contributed by atoms with Gasteiger partial charge in [-0.2, -0.15) is 5.26 Å². The van der Waals surface area contributed by atoms with Gasteiger partial charge in [0.2, 0.25) is 0 Å². The smallest absolute Gasteiger partial charge is 0.272 e. The summed E-state index contributed by atoms with van der Waals surface area (Å²) < 4.78 is 2.13. The third-order valence-corrected chi connectivity index (χ3v) is 5.05. The van der Waals surface area contributed by atoms with Crippen LogP contribution in [0.2, 0.25) is 0 Å². The van der Waals surface area contributed by atoms with Gasteiger partial charge in [0, 0.05) is 28.0 Å². The molecule has 0 bridgehead atoms. The summed E-state index contributed by atoms with van der Waals surface area (Å²) in [6.45, 7) is 4.98. The van der Waals surface area contributed by atoms with Crippen LogP contribution in [0.3, 0.4) is 0 Å². The third-order valence-electron chi connectivity index (χ3n) is 4.45. The number of aryl methyl sites for hydroxylation is 2. The van der Waals surface area contributed by atoms with Gasteiger partial charge < -0.3 is 9.88 Å². The molecule has 3 aromatic rings. The third kappa shape index (κ3) is 3.61. The lowest BCUT2D eigenvalue weighted by Crippen LogP contribution is -2.18. The number of para-hydroxylation sites is 1. The molecule has 0 radical (unpaired) electrons. The summed E-state index contributed by atoms with van der Waals surface area (Å²) >= 11 is 1.10. The molecule has 0 unspecified atom stereocenters. The van der Waals surface area contributed by atoms with Crippen LogP contribution < -0.4 is 5.32 Å². The number of nitrogens with zero attached hydrogens (tertiary/aromatic N) is 2. The van der Waals surface area contributed by atoms with Crippen molar-refractivity contribution in [1.29, 1.82) is 5.26 Å². The molecule has 0 aliphatic carbocycles. The highest BCUT2D eigenvalue weighted by Gasteiger charge is 2.19. The molecule has 0 aliphatic heterocycles. The number of thiocyanates is 1. The average molecular weight is 363 g/mol. The Morgan fingerprint density at radius 2 is 1.92 bits per heavy atom. The molecular formula is C21H21N3OS. The molecule has 2 aromatic carbocycles. The number of fused-ring (bicyclic) bond motifs is 1. The molecular weight excluding hydrogens is 342 g/mol. The molecule has 0 atom stereocenters. The van der Waals surface area contributed by atoms with Gasteiger partial charge in [-0.25, -0.2) is 0 Å². The van der Waals surface area contributed by atoms with Gasteiger partial charge in [0.05, 0.1) is 0 Å². The number of benzene rings is 2. The van der Waals surface area contributed by atoms with Crippen LogP contribution in [0.5, 0.6) is 0 Å². The Hall–Kier alpha value is -2.71. The second-order valence-electron chi connectivity index (χ2n) is 6.17. The van der Waals surface area contributed by atoms with E-state index in [1.165, 1.54) is 0 Å². The van der Waals surface area contributed by atoms with Gasteiger partial charge in [0.1, 0.15) is 11.1 Å². The Labute approximate surface area is 157 Å². The first kappa shape index (κ1) is 18.1. The number of carbonyl (C=O) groups excluding carboxylic acids is 1. The molecule has 0 aliphatic rings. The first-order valence-corrected chi connectivity index (χ1v) is 9.52. The van der Waals surface area contributed by atoms with Crippen LogP contribution in [0.1, 0.15) is 35.8 Å². The van der Waals surface area contributed by atoms with Crippen molar-refractivity contribution in [1.82, 2.24) is 4.57 Å². The monoisotopic (exact) mass is 363 g/mol. The van der Waals surface area contributed by atoms with Crippen molar-refractivity contribution < 1.29 is 4.79 Å². The molecule has 0 spiro atoms. The highest BCUT2D eigenvalue weighted by molar-refractivity contribution is 8.03. The molecule has 1 heterocycles. The fourth-order valence-corrected chi connectivity index (χ4v) is 3.54. The maximum Gasteiger partial charge on any atom is 0.272 e. The molecule has 0 saturated carbocycles. The second kappa shape index (κ2) is 8.11. The fraction of sp³-hybridized carbons (Fsp3) is 0.238. The van der Waals surface area contributed by atoms with Gasteiger partial charge >= 0.3 is 0 Å². The summed E-state index contributed by atoms with van der Waals surface area (Å²) in [6, 6.07) is 15.5. The SMILES string of the molecule is CCCCn1c(C(=O)Nc2ccc(SC#N)cc2)c(C)c2ccccc21. The highest BCUT2D eigenvalue weighted by atomic mass is 32.2. The Balaban J connectivity index is 1.94. The second-order valence-corrected chi connectivity index (χ2v) is 7.03. The number of aromatic nitrogens is 1. The molecule has 3 rings (SSSR count). The van der Waals surface area contributed by atoms with Crippen molar-refractivity contribution >= 4 is 34.3 Å². The molecule has 0 saturated heterocycles. The minimum Gasteiger partial charge on any atom is -0.336 e. The van der Waals surface area contributed by atoms with Gasteiger partial charge in [-0.15, -0.1) is 0 Å². The number of unbranched alkanes of at least 4 members (excludes halogenated alkanes) is 1. The molecule has 26 heavy (non-hydrogen) atoms. The van der Waals surface area contributed by atoms with Gasteiger partial charge in [-0.3, -0.25) is 4.79 Å². The van der Waals surface area contributed by atoms with Gasteiger partial charge in [-0.05, 0) is 61.0 Å². The zero-order valence-electron chi connectivity index (χ0n) is 15.0. The zero-order chi connectivity index (χ0) is 18.5. The maximum atomic E-state index is 13.0. The van der Waals surface area contributed by atoms with Crippen LogP contribution in [0.4, 0.5) is 5.69 Å². The van der Waals surface area contributed by atoms with Crippen LogP contribution in [-0.4, -0.2) is 10.5 Å². The number of thioether (sulfide) groups is 1. The van der Waals surface area contributed by atoms with Gasteiger partial charge in [0.25, 0.3) is 5.91 Å². The molecule has 4 nitrogen and oxygen atoms in total. The summed E-state index contributed by atoms with van der Waals surface area (Å²) in [7, 11) is 0. The van der Waals surface area contributed by atoms with E-state index < -0.39 is 0 Å². The number of nitrogens with one attached hydrogen (secondary N) is 1. The number of carbonyl (C=O) groups is 1. The maximum absolute atomic E-state index is 13.0. The minimum atomic E-state index is -0.101. The fourth-order valence-electron chi connectivity index (χ4n) is 3.17. The largest absolute Gasteiger partial charge is 0.336 e. The molecule has 5 heteroatoms. The van der Waals surface area contributed by atoms with Crippen LogP contribution in [-0.2, 0) is 6.54 Å². The van der Waals surface area contributed by atoms with Crippen LogP contribution in [0, 0.1) is 17.6 Å². The van der Waals surface area contributed by atoms with Crippen molar-refractivity contribution in [3.8, 4) is 5.40 Å². The minimum absolute atomic E-state index is 0.101. The molecule has 132 valence electrons. The van der Waals surface area contributed by atoms with E-state index in [1.807, 2.05) is 48.7 Å². The predicted octanol–water partition coefficient (Wildman–Crippen LogP) is 5.58. The molecule has 0 fully saturated rings. The number of amides is 1. The van der Waals surface area contributed by atoms with Crippen molar-refractivity contribution in [2.75, 3.05) is 5.32 Å². The van der Waals surface area contributed by atoms with E-state index in [4.69, 9.17) is 5.26 Å². The lowest BCUT2D eigenvalue weighted by molar-refractivity contribution is 0.101. The van der Waals surface area contributed by atoms with Crippen molar-refractivity contribution in [2.24, 2.45) is 0 Å². The van der Waals surface area contributed by atoms with E-state index in [9.17, 15) is 4.79 Å². The van der Waals surface area contributed by atoms with Crippen molar-refractivity contribution in [3.63, 3.8) is 0 Å². The predicted molar refractivity (Wildman–Crippen MR) is 107 cm³/mol. The summed E-state index contributed by atoms with van der Waals surface area (Å²) in [5.41, 5.74) is 3.55. The van der Waals surface area contributed by atoms with E-state index in [0.29, 0.717) is 0 Å². The Bertz CT molecular complexity index is 967. The summed E-state index contributed by atoms with van der Waals surface area (Å²) in [5.74, 6) is -0.101. The number of hydrogen-bond donors (Lipinski definition) is 1. The van der Waals surface area contributed by atoms with E-state index in [-0.39, 0.29) is 5.91 Å². The van der Waals surface area contributed by atoms with Gasteiger partial charge in [0.15, 0.2) is 0 Å². The summed E-state index contributed by atoms with van der Waals surface area (Å²) in [6.07, 6.45) is 2.10. The van der Waals surface area contributed by atoms with Crippen LogP contribution in [0.25, 0.3) is 10.9 Å². The topological polar surface area (TPSA) is 57.8 Å². The zero-order valence-corrected chi connectivity index (χ0v) is 15.8. The number of hydrogen-bond acceptors (Lipinski definition) is 3. The van der Waals surface area contributed by atoms with E-state index in [1.54, 1.807) is 0 Å². The van der Waals surface area contributed by atoms with Crippen LogP contribution in [0.15, 0.2) is 53.4 Å². The lowest BCUT2D eigenvalue weighted by Gasteiger charge is -2.12.